The van der Waals surface area contributed by atoms with E-state index in [1.165, 1.54) is 16.7 Å². The van der Waals surface area contributed by atoms with Gasteiger partial charge in [0.15, 0.2) is 11.0 Å². The van der Waals surface area contributed by atoms with Gasteiger partial charge in [0.1, 0.15) is 0 Å². The predicted octanol–water partition coefficient (Wildman–Crippen LogP) is 4.28. The van der Waals surface area contributed by atoms with E-state index in [2.05, 4.69) is 20.4 Å². The lowest BCUT2D eigenvalue weighted by atomic mass is 10.1. The molecule has 1 N–H and O–H groups in total. The first-order chi connectivity index (χ1) is 14.5. The van der Waals surface area contributed by atoms with Crippen molar-refractivity contribution in [3.05, 3.63) is 35.7 Å². The summed E-state index contributed by atoms with van der Waals surface area (Å²) in [6.45, 7) is 7.78. The van der Waals surface area contributed by atoms with Crippen LogP contribution in [0.5, 0.6) is 0 Å². The van der Waals surface area contributed by atoms with Crippen molar-refractivity contribution in [2.75, 3.05) is 18.8 Å². The molecule has 0 unspecified atom stereocenters. The van der Waals surface area contributed by atoms with Gasteiger partial charge >= 0.3 is 6.18 Å². The standard InChI is InChI=1S/C21H28F3N5OS/c1-20(2,3)25-18(30)14-31-19-27-26-17(13-28-11-7-4-8-12-28)29(19)16-10-6-5-9-15(16)21(22,23)24/h5-6,9-10H,4,7-8,11-14H2,1-3H3,(H,25,30). The summed E-state index contributed by atoms with van der Waals surface area (Å²) >= 11 is 1.08. The van der Waals surface area contributed by atoms with Crippen LogP contribution in [0.2, 0.25) is 0 Å². The number of benzene rings is 1. The van der Waals surface area contributed by atoms with E-state index in [0.29, 0.717) is 12.4 Å². The number of alkyl halides is 3. The van der Waals surface area contributed by atoms with Gasteiger partial charge in [0.05, 0.1) is 23.5 Å². The summed E-state index contributed by atoms with van der Waals surface area (Å²) in [5, 5.41) is 11.5. The normalized spacial score (nSPS) is 15.8. The Labute approximate surface area is 184 Å². The Morgan fingerprint density at radius 1 is 1.10 bits per heavy atom. The molecule has 10 heteroatoms. The fourth-order valence-electron chi connectivity index (χ4n) is 3.55. The topological polar surface area (TPSA) is 63.1 Å². The van der Waals surface area contributed by atoms with Crippen LogP contribution in [0.1, 0.15) is 51.4 Å². The van der Waals surface area contributed by atoms with E-state index < -0.39 is 17.3 Å². The van der Waals surface area contributed by atoms with Gasteiger partial charge in [-0.25, -0.2) is 0 Å². The molecule has 0 atom stereocenters. The van der Waals surface area contributed by atoms with Gasteiger partial charge in [-0.1, -0.05) is 30.3 Å². The van der Waals surface area contributed by atoms with Crippen LogP contribution < -0.4 is 5.32 Å². The van der Waals surface area contributed by atoms with Gasteiger partial charge in [-0.2, -0.15) is 13.2 Å². The van der Waals surface area contributed by atoms with Crippen molar-refractivity contribution in [1.82, 2.24) is 25.0 Å². The number of amides is 1. The smallest absolute Gasteiger partial charge is 0.351 e. The first-order valence-corrected chi connectivity index (χ1v) is 11.3. The van der Waals surface area contributed by atoms with E-state index in [9.17, 15) is 18.0 Å². The molecule has 1 fully saturated rings. The van der Waals surface area contributed by atoms with Crippen LogP contribution in [0.25, 0.3) is 5.69 Å². The summed E-state index contributed by atoms with van der Waals surface area (Å²) in [6, 6.07) is 5.41. The van der Waals surface area contributed by atoms with Gasteiger partial charge < -0.3 is 5.32 Å². The van der Waals surface area contributed by atoms with E-state index in [1.807, 2.05) is 20.8 Å². The number of carbonyl (C=O) groups is 1. The maximum atomic E-state index is 13.7. The molecular formula is C21H28F3N5OS. The minimum atomic E-state index is -4.52. The Bertz CT molecular complexity index is 901. The molecule has 0 bridgehead atoms. The fourth-order valence-corrected chi connectivity index (χ4v) is 4.31. The number of aromatic nitrogens is 3. The van der Waals surface area contributed by atoms with Crippen LogP contribution >= 0.6 is 11.8 Å². The molecule has 0 radical (unpaired) electrons. The highest BCUT2D eigenvalue weighted by molar-refractivity contribution is 7.99. The highest BCUT2D eigenvalue weighted by atomic mass is 32.2. The zero-order chi connectivity index (χ0) is 22.6. The second-order valence-electron chi connectivity index (χ2n) is 8.67. The molecule has 3 rings (SSSR count). The van der Waals surface area contributed by atoms with Crippen LogP contribution in [0.15, 0.2) is 29.4 Å². The molecule has 31 heavy (non-hydrogen) atoms. The van der Waals surface area contributed by atoms with E-state index in [0.717, 1.165) is 50.2 Å². The van der Waals surface area contributed by atoms with Gasteiger partial charge in [-0.05, 0) is 58.8 Å². The second kappa shape index (κ2) is 9.60. The average Bonchev–Trinajstić information content (AvgIpc) is 3.07. The molecule has 1 amide bonds. The Kier molecular flexibility index (Phi) is 7.31. The summed E-state index contributed by atoms with van der Waals surface area (Å²) in [4.78, 5) is 14.4. The molecule has 1 aromatic heterocycles. The van der Waals surface area contributed by atoms with Crippen molar-refractivity contribution in [2.24, 2.45) is 0 Å². The van der Waals surface area contributed by atoms with Gasteiger partial charge in [0, 0.05) is 5.54 Å². The molecule has 1 aliphatic rings. The van der Waals surface area contributed by atoms with Crippen molar-refractivity contribution >= 4 is 17.7 Å². The minimum Gasteiger partial charge on any atom is -0.351 e. The summed E-state index contributed by atoms with van der Waals surface area (Å²) in [6.07, 6.45) is -1.25. The lowest BCUT2D eigenvalue weighted by Gasteiger charge is -2.26. The van der Waals surface area contributed by atoms with Crippen molar-refractivity contribution in [3.63, 3.8) is 0 Å². The van der Waals surface area contributed by atoms with E-state index in [4.69, 9.17) is 0 Å². The zero-order valence-electron chi connectivity index (χ0n) is 18.0. The van der Waals surface area contributed by atoms with E-state index in [-0.39, 0.29) is 22.5 Å². The third kappa shape index (κ3) is 6.46. The third-order valence-electron chi connectivity index (χ3n) is 4.81. The number of para-hydroxylation sites is 1. The van der Waals surface area contributed by atoms with Gasteiger partial charge in [-0.3, -0.25) is 14.3 Å². The maximum Gasteiger partial charge on any atom is 0.418 e. The first-order valence-electron chi connectivity index (χ1n) is 10.3. The highest BCUT2D eigenvalue weighted by Gasteiger charge is 2.35. The zero-order valence-corrected chi connectivity index (χ0v) is 18.8. The van der Waals surface area contributed by atoms with Crippen LogP contribution in [-0.4, -0.2) is 50.0 Å². The number of likely N-dealkylation sites (tertiary alicyclic amines) is 1. The SMILES string of the molecule is CC(C)(C)NC(=O)CSc1nnc(CN2CCCCC2)n1-c1ccccc1C(F)(F)F. The maximum absolute atomic E-state index is 13.7. The molecule has 0 aliphatic carbocycles. The van der Waals surface area contributed by atoms with Crippen LogP contribution in [-0.2, 0) is 17.5 Å². The Balaban J connectivity index is 1.94. The largest absolute Gasteiger partial charge is 0.418 e. The van der Waals surface area contributed by atoms with Crippen LogP contribution in [0.3, 0.4) is 0 Å². The second-order valence-corrected chi connectivity index (χ2v) is 9.62. The predicted molar refractivity (Wildman–Crippen MR) is 114 cm³/mol. The number of rotatable bonds is 6. The molecular weight excluding hydrogens is 427 g/mol. The van der Waals surface area contributed by atoms with Crippen LogP contribution in [0, 0.1) is 0 Å². The molecule has 2 heterocycles. The molecule has 0 spiro atoms. The minimum absolute atomic E-state index is 0.0225. The molecule has 2 aromatic rings. The number of hydrogen-bond acceptors (Lipinski definition) is 5. The van der Waals surface area contributed by atoms with E-state index in [1.54, 1.807) is 6.07 Å². The summed E-state index contributed by atoms with van der Waals surface area (Å²) in [5.41, 5.74) is -1.17. The Morgan fingerprint density at radius 2 is 1.77 bits per heavy atom. The molecule has 1 saturated heterocycles. The number of carbonyl (C=O) groups excluding carboxylic acids is 1. The fraction of sp³-hybridized carbons (Fsp3) is 0.571. The Hall–Kier alpha value is -2.07. The lowest BCUT2D eigenvalue weighted by Crippen LogP contribution is -2.41. The number of hydrogen-bond donors (Lipinski definition) is 1. The first kappa shape index (κ1) is 23.6. The van der Waals surface area contributed by atoms with Gasteiger partial charge in [0.25, 0.3) is 0 Å². The third-order valence-corrected chi connectivity index (χ3v) is 5.74. The van der Waals surface area contributed by atoms with Gasteiger partial charge in [0.2, 0.25) is 5.91 Å². The van der Waals surface area contributed by atoms with Crippen molar-refractivity contribution in [3.8, 4) is 5.69 Å². The number of piperidine rings is 1. The summed E-state index contributed by atoms with van der Waals surface area (Å²) < 4.78 is 42.6. The monoisotopic (exact) mass is 455 g/mol. The van der Waals surface area contributed by atoms with Crippen molar-refractivity contribution in [1.29, 1.82) is 0 Å². The number of nitrogens with one attached hydrogen (secondary N) is 1. The number of halogens is 3. The molecule has 0 saturated carbocycles. The Morgan fingerprint density at radius 3 is 2.42 bits per heavy atom. The number of nitrogens with zero attached hydrogens (tertiary/aromatic N) is 4. The van der Waals surface area contributed by atoms with E-state index >= 15 is 0 Å². The summed E-state index contributed by atoms with van der Waals surface area (Å²) in [5.74, 6) is 0.263. The summed E-state index contributed by atoms with van der Waals surface area (Å²) in [7, 11) is 0. The quantitative estimate of drug-likeness (QED) is 0.659. The molecule has 1 aliphatic heterocycles. The lowest BCUT2D eigenvalue weighted by molar-refractivity contribution is -0.137. The molecule has 170 valence electrons. The average molecular weight is 456 g/mol. The van der Waals surface area contributed by atoms with Crippen LogP contribution in [0.4, 0.5) is 13.2 Å². The highest BCUT2D eigenvalue weighted by Crippen LogP contribution is 2.36. The number of thioether (sulfide) groups is 1. The molecule has 1 aromatic carbocycles. The molecule has 6 nitrogen and oxygen atoms in total. The van der Waals surface area contributed by atoms with Crippen molar-refractivity contribution < 1.29 is 18.0 Å². The van der Waals surface area contributed by atoms with Gasteiger partial charge in [-0.15, -0.1) is 10.2 Å². The van der Waals surface area contributed by atoms with Crippen molar-refractivity contribution in [2.45, 2.75) is 63.5 Å².